The minimum absolute atomic E-state index is 0.0229. The van der Waals surface area contributed by atoms with Gasteiger partial charge in [0.15, 0.2) is 17.3 Å². The summed E-state index contributed by atoms with van der Waals surface area (Å²) in [5.74, 6) is -0.369. The highest BCUT2D eigenvalue weighted by atomic mass is 16.3. The van der Waals surface area contributed by atoms with Crippen molar-refractivity contribution in [3.63, 3.8) is 0 Å². The molecule has 3 aromatic carbocycles. The lowest BCUT2D eigenvalue weighted by Crippen LogP contribution is -2.06. The number of ketones is 1. The SMILES string of the molecule is O=C1C=C/C(=C(\c2ccccc2)c2ccc(O)c(O)c2)c2ccccc21. The van der Waals surface area contributed by atoms with Crippen molar-refractivity contribution in [1.82, 2.24) is 0 Å². The minimum Gasteiger partial charge on any atom is -0.504 e. The normalized spacial score (nSPS) is 14.8. The number of phenolic OH excluding ortho intramolecular Hbond substituents is 2. The van der Waals surface area contributed by atoms with Crippen molar-refractivity contribution < 1.29 is 15.0 Å². The Morgan fingerprint density at radius 3 is 2.08 bits per heavy atom. The van der Waals surface area contributed by atoms with Gasteiger partial charge in [0.25, 0.3) is 0 Å². The van der Waals surface area contributed by atoms with Crippen LogP contribution in [0.4, 0.5) is 0 Å². The quantitative estimate of drug-likeness (QED) is 0.658. The van der Waals surface area contributed by atoms with E-state index in [2.05, 4.69) is 0 Å². The van der Waals surface area contributed by atoms with Crippen molar-refractivity contribution in [2.24, 2.45) is 0 Å². The summed E-state index contributed by atoms with van der Waals surface area (Å²) in [6, 6.07) is 22.1. The first-order valence-electron chi connectivity index (χ1n) is 8.29. The molecule has 4 rings (SSSR count). The molecule has 3 heteroatoms. The fraction of sp³-hybridized carbons (Fsp3) is 0. The standard InChI is InChI=1S/C23H16O3/c24-20-13-11-19(17-8-4-5-9-18(17)20)23(15-6-2-1-3-7-15)16-10-12-21(25)22(26)14-16/h1-14,25-26H/b23-19-. The van der Waals surface area contributed by atoms with E-state index in [0.717, 1.165) is 27.8 Å². The van der Waals surface area contributed by atoms with Crippen LogP contribution in [0.3, 0.4) is 0 Å². The van der Waals surface area contributed by atoms with E-state index < -0.39 is 0 Å². The molecule has 1 aliphatic rings. The van der Waals surface area contributed by atoms with Gasteiger partial charge in [-0.25, -0.2) is 0 Å². The van der Waals surface area contributed by atoms with Crippen LogP contribution in [0, 0.1) is 0 Å². The first-order chi connectivity index (χ1) is 12.6. The first-order valence-corrected chi connectivity index (χ1v) is 8.29. The molecule has 2 N–H and O–H groups in total. The smallest absolute Gasteiger partial charge is 0.186 e. The van der Waals surface area contributed by atoms with Gasteiger partial charge in [-0.05, 0) is 52.1 Å². The molecule has 0 spiro atoms. The van der Waals surface area contributed by atoms with E-state index in [1.165, 1.54) is 12.1 Å². The number of benzene rings is 3. The molecule has 0 aromatic heterocycles. The largest absolute Gasteiger partial charge is 0.504 e. The predicted molar refractivity (Wildman–Crippen MR) is 102 cm³/mol. The second-order valence-corrected chi connectivity index (χ2v) is 6.10. The van der Waals surface area contributed by atoms with E-state index in [1.54, 1.807) is 12.1 Å². The molecule has 0 radical (unpaired) electrons. The van der Waals surface area contributed by atoms with Crippen molar-refractivity contribution >= 4 is 16.9 Å². The summed E-state index contributed by atoms with van der Waals surface area (Å²) < 4.78 is 0. The predicted octanol–water partition coefficient (Wildman–Crippen LogP) is 4.81. The highest BCUT2D eigenvalue weighted by Gasteiger charge is 2.21. The fourth-order valence-electron chi connectivity index (χ4n) is 3.25. The second-order valence-electron chi connectivity index (χ2n) is 6.10. The number of hydrogen-bond donors (Lipinski definition) is 2. The second kappa shape index (κ2) is 6.37. The van der Waals surface area contributed by atoms with Gasteiger partial charge >= 0.3 is 0 Å². The first kappa shape index (κ1) is 15.9. The summed E-state index contributed by atoms with van der Waals surface area (Å²) >= 11 is 0. The molecule has 0 bridgehead atoms. The van der Waals surface area contributed by atoms with Gasteiger partial charge in [-0.2, -0.15) is 0 Å². The monoisotopic (exact) mass is 340 g/mol. The van der Waals surface area contributed by atoms with Gasteiger partial charge in [0.1, 0.15) is 0 Å². The lowest BCUT2D eigenvalue weighted by molar-refractivity contribution is 0.104. The number of carbonyl (C=O) groups excluding carboxylic acids is 1. The molecule has 0 saturated heterocycles. The van der Waals surface area contributed by atoms with E-state index in [4.69, 9.17) is 0 Å². The third kappa shape index (κ3) is 2.70. The Hall–Kier alpha value is -3.59. The van der Waals surface area contributed by atoms with Gasteiger partial charge in [-0.15, -0.1) is 0 Å². The van der Waals surface area contributed by atoms with Gasteiger partial charge in [-0.3, -0.25) is 4.79 Å². The molecule has 1 aliphatic carbocycles. The van der Waals surface area contributed by atoms with Gasteiger partial charge in [0, 0.05) is 5.56 Å². The Labute approximate surface area is 151 Å². The number of aromatic hydroxyl groups is 2. The van der Waals surface area contributed by atoms with Crippen molar-refractivity contribution in [3.05, 3.63) is 107 Å². The molecule has 0 atom stereocenters. The lowest BCUT2D eigenvalue weighted by atomic mass is 9.84. The third-order valence-corrected chi connectivity index (χ3v) is 4.48. The van der Waals surface area contributed by atoms with E-state index in [-0.39, 0.29) is 17.3 Å². The van der Waals surface area contributed by atoms with Gasteiger partial charge in [-0.1, -0.05) is 60.7 Å². The maximum absolute atomic E-state index is 12.2. The third-order valence-electron chi connectivity index (χ3n) is 4.48. The summed E-state index contributed by atoms with van der Waals surface area (Å²) in [4.78, 5) is 12.2. The van der Waals surface area contributed by atoms with Crippen LogP contribution in [0.15, 0.2) is 84.9 Å². The Kier molecular flexibility index (Phi) is 3.90. The van der Waals surface area contributed by atoms with E-state index >= 15 is 0 Å². The molecule has 0 unspecified atom stereocenters. The molecule has 0 heterocycles. The molecule has 3 aromatic rings. The number of carbonyl (C=O) groups is 1. The summed E-state index contributed by atoms with van der Waals surface area (Å²) in [7, 11) is 0. The Morgan fingerprint density at radius 2 is 1.35 bits per heavy atom. The van der Waals surface area contributed by atoms with E-state index in [1.807, 2.05) is 60.7 Å². The van der Waals surface area contributed by atoms with Crippen LogP contribution in [0.1, 0.15) is 27.0 Å². The topological polar surface area (TPSA) is 57.5 Å². The molecule has 0 fully saturated rings. The molecule has 0 saturated carbocycles. The van der Waals surface area contributed by atoms with Crippen LogP contribution >= 0.6 is 0 Å². The van der Waals surface area contributed by atoms with Crippen molar-refractivity contribution in [2.45, 2.75) is 0 Å². The average Bonchev–Trinajstić information content (AvgIpc) is 2.68. The summed E-state index contributed by atoms with van der Waals surface area (Å²) in [5, 5.41) is 19.7. The molecule has 0 amide bonds. The fourth-order valence-corrected chi connectivity index (χ4v) is 3.25. The van der Waals surface area contributed by atoms with Crippen LogP contribution in [-0.2, 0) is 0 Å². The number of fused-ring (bicyclic) bond motifs is 1. The van der Waals surface area contributed by atoms with Crippen molar-refractivity contribution in [3.8, 4) is 11.5 Å². The zero-order chi connectivity index (χ0) is 18.1. The summed E-state index contributed by atoms with van der Waals surface area (Å²) in [5.41, 5.74) is 5.01. The van der Waals surface area contributed by atoms with Gasteiger partial charge < -0.3 is 10.2 Å². The molecular weight excluding hydrogens is 324 g/mol. The van der Waals surface area contributed by atoms with Crippen LogP contribution in [0.2, 0.25) is 0 Å². The highest BCUT2D eigenvalue weighted by Crippen LogP contribution is 2.39. The summed E-state index contributed by atoms with van der Waals surface area (Å²) in [6.45, 7) is 0. The van der Waals surface area contributed by atoms with E-state index in [9.17, 15) is 15.0 Å². The number of rotatable bonds is 2. The van der Waals surface area contributed by atoms with Crippen LogP contribution in [-0.4, -0.2) is 16.0 Å². The number of allylic oxidation sites excluding steroid dienone is 3. The Morgan fingerprint density at radius 1 is 0.654 bits per heavy atom. The average molecular weight is 340 g/mol. The maximum Gasteiger partial charge on any atom is 0.186 e. The van der Waals surface area contributed by atoms with Gasteiger partial charge in [0.05, 0.1) is 0 Å². The zero-order valence-corrected chi connectivity index (χ0v) is 13.9. The van der Waals surface area contributed by atoms with Crippen LogP contribution in [0.25, 0.3) is 11.1 Å². The lowest BCUT2D eigenvalue weighted by Gasteiger charge is -2.19. The minimum atomic E-state index is -0.180. The van der Waals surface area contributed by atoms with Crippen LogP contribution in [0.5, 0.6) is 11.5 Å². The molecular formula is C23H16O3. The van der Waals surface area contributed by atoms with Crippen molar-refractivity contribution in [2.75, 3.05) is 0 Å². The van der Waals surface area contributed by atoms with Crippen molar-refractivity contribution in [1.29, 1.82) is 0 Å². The Bertz CT molecular complexity index is 1060. The number of hydrogen-bond acceptors (Lipinski definition) is 3. The zero-order valence-electron chi connectivity index (χ0n) is 13.9. The highest BCUT2D eigenvalue weighted by molar-refractivity contribution is 6.16. The van der Waals surface area contributed by atoms with Crippen LogP contribution < -0.4 is 0 Å². The Balaban J connectivity index is 2.06. The van der Waals surface area contributed by atoms with E-state index in [0.29, 0.717) is 5.56 Å². The molecule has 26 heavy (non-hydrogen) atoms. The number of phenols is 2. The molecule has 126 valence electrons. The maximum atomic E-state index is 12.2. The molecule has 0 aliphatic heterocycles. The molecule has 3 nitrogen and oxygen atoms in total. The van der Waals surface area contributed by atoms with Gasteiger partial charge in [0.2, 0.25) is 0 Å². The summed E-state index contributed by atoms with van der Waals surface area (Å²) in [6.07, 6.45) is 3.39.